The standard InChI is InChI=1S/C20H16ClN5O2/c1-13-17(12-26(24-13)16-9-7-15(21)8-10-16)18-23-20(28-25-18)19(27)22-11-14-5-3-2-4-6-14/h2-10,12H,11H2,1H3,(H,22,27). The number of aromatic nitrogens is 4. The van der Waals surface area contributed by atoms with E-state index < -0.39 is 5.91 Å². The average Bonchev–Trinajstić information content (AvgIpc) is 3.34. The van der Waals surface area contributed by atoms with Crippen molar-refractivity contribution in [3.63, 3.8) is 0 Å². The Morgan fingerprint density at radius 1 is 1.14 bits per heavy atom. The number of amides is 1. The highest BCUT2D eigenvalue weighted by molar-refractivity contribution is 6.30. The molecule has 0 saturated heterocycles. The minimum Gasteiger partial charge on any atom is -0.344 e. The summed E-state index contributed by atoms with van der Waals surface area (Å²) in [5.74, 6) is -0.211. The predicted molar refractivity (Wildman–Crippen MR) is 104 cm³/mol. The fourth-order valence-corrected chi connectivity index (χ4v) is 2.81. The van der Waals surface area contributed by atoms with Crippen LogP contribution >= 0.6 is 11.6 Å². The molecule has 4 aromatic rings. The third-order valence-electron chi connectivity index (χ3n) is 4.15. The molecular weight excluding hydrogens is 378 g/mol. The number of nitrogens with one attached hydrogen (secondary N) is 1. The van der Waals surface area contributed by atoms with Gasteiger partial charge in [0.25, 0.3) is 0 Å². The molecule has 0 atom stereocenters. The number of rotatable bonds is 5. The number of hydrogen-bond acceptors (Lipinski definition) is 5. The van der Waals surface area contributed by atoms with E-state index in [2.05, 4.69) is 20.6 Å². The zero-order valence-corrected chi connectivity index (χ0v) is 15.7. The van der Waals surface area contributed by atoms with Crippen molar-refractivity contribution < 1.29 is 9.32 Å². The molecule has 0 unspecified atom stereocenters. The van der Waals surface area contributed by atoms with Gasteiger partial charge in [-0.15, -0.1) is 0 Å². The maximum atomic E-state index is 12.3. The van der Waals surface area contributed by atoms with E-state index in [-0.39, 0.29) is 5.89 Å². The van der Waals surface area contributed by atoms with Gasteiger partial charge in [0.15, 0.2) is 0 Å². The molecule has 0 aliphatic rings. The average molecular weight is 394 g/mol. The van der Waals surface area contributed by atoms with Gasteiger partial charge in [-0.25, -0.2) is 4.68 Å². The summed E-state index contributed by atoms with van der Waals surface area (Å²) < 4.78 is 6.83. The Balaban J connectivity index is 1.51. The van der Waals surface area contributed by atoms with E-state index in [1.54, 1.807) is 23.0 Å². The molecule has 0 bridgehead atoms. The minimum atomic E-state index is -0.426. The summed E-state index contributed by atoms with van der Waals surface area (Å²) in [5, 5.41) is 11.8. The molecule has 140 valence electrons. The largest absolute Gasteiger partial charge is 0.344 e. The molecule has 8 heteroatoms. The third-order valence-corrected chi connectivity index (χ3v) is 4.40. The van der Waals surface area contributed by atoms with Gasteiger partial charge in [-0.1, -0.05) is 47.1 Å². The lowest BCUT2D eigenvalue weighted by molar-refractivity contribution is 0.0907. The van der Waals surface area contributed by atoms with Crippen molar-refractivity contribution in [2.75, 3.05) is 0 Å². The molecule has 0 fully saturated rings. The molecule has 1 amide bonds. The number of benzene rings is 2. The number of halogens is 1. The van der Waals surface area contributed by atoms with Gasteiger partial charge < -0.3 is 9.84 Å². The molecule has 28 heavy (non-hydrogen) atoms. The van der Waals surface area contributed by atoms with Gasteiger partial charge in [0, 0.05) is 17.8 Å². The van der Waals surface area contributed by atoms with Crippen LogP contribution in [-0.2, 0) is 6.54 Å². The first-order valence-corrected chi connectivity index (χ1v) is 8.96. The zero-order chi connectivity index (χ0) is 19.5. The van der Waals surface area contributed by atoms with Crippen LogP contribution in [0.1, 0.15) is 21.9 Å². The molecule has 0 spiro atoms. The topological polar surface area (TPSA) is 85.8 Å². The van der Waals surface area contributed by atoms with Gasteiger partial charge in [-0.2, -0.15) is 10.1 Å². The van der Waals surface area contributed by atoms with Crippen LogP contribution in [0.25, 0.3) is 17.1 Å². The highest BCUT2D eigenvalue weighted by atomic mass is 35.5. The highest BCUT2D eigenvalue weighted by Crippen LogP contribution is 2.22. The van der Waals surface area contributed by atoms with Crippen LogP contribution in [0.4, 0.5) is 0 Å². The Hall–Kier alpha value is -3.45. The fourth-order valence-electron chi connectivity index (χ4n) is 2.68. The Kier molecular flexibility index (Phi) is 4.90. The maximum absolute atomic E-state index is 12.3. The molecule has 2 aromatic heterocycles. The minimum absolute atomic E-state index is 0.0930. The van der Waals surface area contributed by atoms with Crippen LogP contribution in [0.3, 0.4) is 0 Å². The van der Waals surface area contributed by atoms with E-state index in [1.807, 2.05) is 49.4 Å². The lowest BCUT2D eigenvalue weighted by Crippen LogP contribution is -2.23. The van der Waals surface area contributed by atoms with Gasteiger partial charge >= 0.3 is 11.8 Å². The molecule has 0 aliphatic carbocycles. The summed E-state index contributed by atoms with van der Waals surface area (Å²) >= 11 is 5.93. The van der Waals surface area contributed by atoms with Gasteiger partial charge in [-0.05, 0) is 36.8 Å². The lowest BCUT2D eigenvalue weighted by Gasteiger charge is -2.01. The van der Waals surface area contributed by atoms with Crippen LogP contribution in [-0.4, -0.2) is 25.8 Å². The van der Waals surface area contributed by atoms with Crippen LogP contribution in [0.5, 0.6) is 0 Å². The number of carbonyl (C=O) groups is 1. The third kappa shape index (κ3) is 3.79. The molecule has 0 aliphatic heterocycles. The van der Waals surface area contributed by atoms with Crippen molar-refractivity contribution >= 4 is 17.5 Å². The molecule has 0 saturated carbocycles. The molecule has 2 aromatic carbocycles. The van der Waals surface area contributed by atoms with Crippen molar-refractivity contribution in [1.82, 2.24) is 25.2 Å². The summed E-state index contributed by atoms with van der Waals surface area (Å²) in [7, 11) is 0. The quantitative estimate of drug-likeness (QED) is 0.557. The monoisotopic (exact) mass is 393 g/mol. The second-order valence-corrected chi connectivity index (χ2v) is 6.58. The molecule has 4 rings (SSSR count). The van der Waals surface area contributed by atoms with Crippen LogP contribution in [0.15, 0.2) is 65.3 Å². The molecule has 1 N–H and O–H groups in total. The fraction of sp³-hybridized carbons (Fsp3) is 0.100. The summed E-state index contributed by atoms with van der Waals surface area (Å²) in [4.78, 5) is 16.5. The first-order chi connectivity index (χ1) is 13.6. The van der Waals surface area contributed by atoms with Gasteiger partial charge in [0.2, 0.25) is 5.82 Å². The predicted octanol–water partition coefficient (Wildman–Crippen LogP) is 3.81. The summed E-state index contributed by atoms with van der Waals surface area (Å²) in [6.07, 6.45) is 1.79. The molecule has 0 radical (unpaired) electrons. The second kappa shape index (κ2) is 7.66. The molecule has 7 nitrogen and oxygen atoms in total. The maximum Gasteiger partial charge on any atom is 0.316 e. The molecular formula is C20H16ClN5O2. The smallest absolute Gasteiger partial charge is 0.316 e. The molecule has 2 heterocycles. The number of nitrogens with zero attached hydrogens (tertiary/aromatic N) is 4. The van der Waals surface area contributed by atoms with Crippen LogP contribution < -0.4 is 5.32 Å². The van der Waals surface area contributed by atoms with Gasteiger partial charge in [0.05, 0.1) is 16.9 Å². The Labute approximate surface area is 166 Å². The van der Waals surface area contributed by atoms with E-state index in [0.717, 1.165) is 11.3 Å². The number of carbonyl (C=O) groups excluding carboxylic acids is 1. The Bertz CT molecular complexity index is 1100. The summed E-state index contributed by atoms with van der Waals surface area (Å²) in [5.41, 5.74) is 3.23. The Morgan fingerprint density at radius 2 is 1.89 bits per heavy atom. The van der Waals surface area contributed by atoms with E-state index >= 15 is 0 Å². The SMILES string of the molecule is Cc1nn(-c2ccc(Cl)cc2)cc1-c1noc(C(=O)NCc2ccccc2)n1. The van der Waals surface area contributed by atoms with Gasteiger partial charge in [0.1, 0.15) is 0 Å². The van der Waals surface area contributed by atoms with Gasteiger partial charge in [-0.3, -0.25) is 4.79 Å². The number of hydrogen-bond donors (Lipinski definition) is 1. The number of aryl methyl sites for hydroxylation is 1. The van der Waals surface area contributed by atoms with Crippen molar-refractivity contribution in [2.24, 2.45) is 0 Å². The van der Waals surface area contributed by atoms with E-state index in [9.17, 15) is 4.79 Å². The summed E-state index contributed by atoms with van der Waals surface area (Å²) in [6, 6.07) is 16.9. The van der Waals surface area contributed by atoms with Crippen LogP contribution in [0, 0.1) is 6.92 Å². The summed E-state index contributed by atoms with van der Waals surface area (Å²) in [6.45, 7) is 2.22. The zero-order valence-electron chi connectivity index (χ0n) is 15.0. The first kappa shape index (κ1) is 17.9. The van der Waals surface area contributed by atoms with E-state index in [4.69, 9.17) is 16.1 Å². The first-order valence-electron chi connectivity index (χ1n) is 8.58. The highest BCUT2D eigenvalue weighted by Gasteiger charge is 2.19. The van der Waals surface area contributed by atoms with Crippen LogP contribution in [0.2, 0.25) is 5.02 Å². The van der Waals surface area contributed by atoms with Crippen molar-refractivity contribution in [3.05, 3.63) is 83.0 Å². The van der Waals surface area contributed by atoms with Crippen molar-refractivity contribution in [3.8, 4) is 17.1 Å². The second-order valence-electron chi connectivity index (χ2n) is 6.14. The van der Waals surface area contributed by atoms with E-state index in [1.165, 1.54) is 0 Å². The van der Waals surface area contributed by atoms with E-state index in [0.29, 0.717) is 28.6 Å². The lowest BCUT2D eigenvalue weighted by atomic mass is 10.2. The Morgan fingerprint density at radius 3 is 2.64 bits per heavy atom. The normalized spacial score (nSPS) is 10.8. The van der Waals surface area contributed by atoms with Crippen molar-refractivity contribution in [2.45, 2.75) is 13.5 Å². The van der Waals surface area contributed by atoms with Crippen molar-refractivity contribution in [1.29, 1.82) is 0 Å².